The van der Waals surface area contributed by atoms with Crippen molar-refractivity contribution in [2.45, 2.75) is 26.3 Å². The van der Waals surface area contributed by atoms with Gasteiger partial charge in [0.25, 0.3) is 0 Å². The smallest absolute Gasteiger partial charge is 0.151 e. The molecule has 2 rings (SSSR count). The Labute approximate surface area is 90.7 Å². The van der Waals surface area contributed by atoms with Crippen LogP contribution in [-0.2, 0) is 0 Å². The molecule has 4 nitrogen and oxygen atoms in total. The minimum Gasteiger partial charge on any atom is -0.351 e. The first-order valence-electron chi connectivity index (χ1n) is 5.58. The average molecular weight is 206 g/mol. The lowest BCUT2D eigenvalue weighted by molar-refractivity contribution is 0.635. The monoisotopic (exact) mass is 206 g/mol. The van der Waals surface area contributed by atoms with Gasteiger partial charge in [-0.1, -0.05) is 0 Å². The number of anilines is 1. The maximum absolute atomic E-state index is 4.20. The van der Waals surface area contributed by atoms with Crippen molar-refractivity contribution >= 4 is 5.82 Å². The van der Waals surface area contributed by atoms with Gasteiger partial charge in [0.15, 0.2) is 5.82 Å². The van der Waals surface area contributed by atoms with E-state index in [1.165, 1.54) is 12.0 Å². The summed E-state index contributed by atoms with van der Waals surface area (Å²) in [6.45, 7) is 7.38. The van der Waals surface area contributed by atoms with Gasteiger partial charge in [0.05, 0.1) is 6.20 Å². The first-order valence-corrected chi connectivity index (χ1v) is 5.58. The Morgan fingerprint density at radius 3 is 3.07 bits per heavy atom. The molecule has 0 bridgehead atoms. The van der Waals surface area contributed by atoms with Crippen LogP contribution in [0.1, 0.15) is 18.9 Å². The lowest BCUT2D eigenvalue weighted by Crippen LogP contribution is -2.37. The SMILES string of the molecule is CCN(c1cc(C)cnn1)C1CCNC1. The second-order valence-corrected chi connectivity index (χ2v) is 4.02. The second kappa shape index (κ2) is 4.57. The molecular weight excluding hydrogens is 188 g/mol. The second-order valence-electron chi connectivity index (χ2n) is 4.02. The summed E-state index contributed by atoms with van der Waals surface area (Å²) >= 11 is 0. The van der Waals surface area contributed by atoms with Gasteiger partial charge in [0.2, 0.25) is 0 Å². The molecule has 1 aromatic heterocycles. The van der Waals surface area contributed by atoms with Crippen molar-refractivity contribution in [1.29, 1.82) is 0 Å². The van der Waals surface area contributed by atoms with E-state index >= 15 is 0 Å². The summed E-state index contributed by atoms with van der Waals surface area (Å²) in [5, 5.41) is 11.6. The van der Waals surface area contributed by atoms with Crippen molar-refractivity contribution in [3.05, 3.63) is 17.8 Å². The maximum atomic E-state index is 4.20. The zero-order chi connectivity index (χ0) is 10.7. The van der Waals surface area contributed by atoms with Gasteiger partial charge >= 0.3 is 0 Å². The van der Waals surface area contributed by atoms with E-state index in [0.29, 0.717) is 6.04 Å². The predicted octanol–water partition coefficient (Wildman–Crippen LogP) is 0.973. The van der Waals surface area contributed by atoms with E-state index in [1.54, 1.807) is 6.20 Å². The summed E-state index contributed by atoms with van der Waals surface area (Å²) in [5.74, 6) is 1.01. The summed E-state index contributed by atoms with van der Waals surface area (Å²) in [7, 11) is 0. The van der Waals surface area contributed by atoms with Gasteiger partial charge in [-0.2, -0.15) is 5.10 Å². The van der Waals surface area contributed by atoms with Crippen LogP contribution in [0.5, 0.6) is 0 Å². The van der Waals surface area contributed by atoms with Crippen LogP contribution in [0.3, 0.4) is 0 Å². The average Bonchev–Trinajstić information content (AvgIpc) is 2.72. The van der Waals surface area contributed by atoms with Gasteiger partial charge < -0.3 is 10.2 Å². The molecule has 15 heavy (non-hydrogen) atoms. The standard InChI is InChI=1S/C11H18N4/c1-3-15(10-4-5-12-8-10)11-6-9(2)7-13-14-11/h6-7,10,12H,3-5,8H2,1-2H3. The van der Waals surface area contributed by atoms with Crippen LogP contribution < -0.4 is 10.2 Å². The fourth-order valence-corrected chi connectivity index (χ4v) is 2.10. The van der Waals surface area contributed by atoms with Crippen LogP contribution in [-0.4, -0.2) is 35.9 Å². The molecule has 2 heterocycles. The molecule has 1 atom stereocenters. The van der Waals surface area contributed by atoms with E-state index < -0.39 is 0 Å². The Morgan fingerprint density at radius 2 is 2.47 bits per heavy atom. The van der Waals surface area contributed by atoms with Crippen LogP contribution in [0.25, 0.3) is 0 Å². The number of likely N-dealkylation sites (N-methyl/N-ethyl adjacent to an activating group) is 1. The molecule has 0 saturated carbocycles. The van der Waals surface area contributed by atoms with Crippen LogP contribution in [0.15, 0.2) is 12.3 Å². The highest BCUT2D eigenvalue weighted by molar-refractivity contribution is 5.40. The Balaban J connectivity index is 2.18. The topological polar surface area (TPSA) is 41.1 Å². The molecule has 1 aliphatic rings. The molecule has 0 radical (unpaired) electrons. The number of nitrogens with zero attached hydrogens (tertiary/aromatic N) is 3. The Morgan fingerprint density at radius 1 is 1.60 bits per heavy atom. The quantitative estimate of drug-likeness (QED) is 0.800. The zero-order valence-corrected chi connectivity index (χ0v) is 9.40. The number of nitrogens with one attached hydrogen (secondary N) is 1. The maximum Gasteiger partial charge on any atom is 0.151 e. The fraction of sp³-hybridized carbons (Fsp3) is 0.636. The van der Waals surface area contributed by atoms with E-state index in [1.807, 2.05) is 0 Å². The molecule has 1 N–H and O–H groups in total. The summed E-state index contributed by atoms with van der Waals surface area (Å²) in [6.07, 6.45) is 2.99. The third-order valence-corrected chi connectivity index (χ3v) is 2.89. The predicted molar refractivity (Wildman–Crippen MR) is 61.1 cm³/mol. The minimum absolute atomic E-state index is 0.575. The summed E-state index contributed by atoms with van der Waals surface area (Å²) in [4.78, 5) is 2.33. The van der Waals surface area contributed by atoms with Crippen molar-refractivity contribution in [2.75, 3.05) is 24.5 Å². The zero-order valence-electron chi connectivity index (χ0n) is 9.40. The van der Waals surface area contributed by atoms with Crippen LogP contribution in [0, 0.1) is 6.92 Å². The molecule has 0 aliphatic carbocycles. The molecule has 1 fully saturated rings. The Hall–Kier alpha value is -1.16. The van der Waals surface area contributed by atoms with E-state index in [0.717, 1.165) is 25.5 Å². The fourth-order valence-electron chi connectivity index (χ4n) is 2.10. The van der Waals surface area contributed by atoms with E-state index in [9.17, 15) is 0 Å². The normalized spacial score (nSPS) is 20.5. The number of hydrogen-bond acceptors (Lipinski definition) is 4. The molecule has 0 spiro atoms. The van der Waals surface area contributed by atoms with E-state index in [4.69, 9.17) is 0 Å². The number of hydrogen-bond donors (Lipinski definition) is 1. The number of aryl methyl sites for hydroxylation is 1. The number of aromatic nitrogens is 2. The molecule has 1 aliphatic heterocycles. The van der Waals surface area contributed by atoms with Crippen LogP contribution in [0.4, 0.5) is 5.82 Å². The van der Waals surface area contributed by atoms with Crippen LogP contribution >= 0.6 is 0 Å². The van der Waals surface area contributed by atoms with Gasteiger partial charge in [-0.15, -0.1) is 5.10 Å². The molecule has 4 heteroatoms. The summed E-state index contributed by atoms with van der Waals surface area (Å²) in [6, 6.07) is 2.68. The van der Waals surface area contributed by atoms with E-state index in [2.05, 4.69) is 40.3 Å². The van der Waals surface area contributed by atoms with E-state index in [-0.39, 0.29) is 0 Å². The Bertz CT molecular complexity index is 320. The molecule has 1 aromatic rings. The summed E-state index contributed by atoms with van der Waals surface area (Å²) in [5.41, 5.74) is 1.17. The van der Waals surface area contributed by atoms with Crippen molar-refractivity contribution in [2.24, 2.45) is 0 Å². The first kappa shape index (κ1) is 10.4. The molecule has 1 saturated heterocycles. The van der Waals surface area contributed by atoms with Crippen molar-refractivity contribution in [3.8, 4) is 0 Å². The lowest BCUT2D eigenvalue weighted by atomic mass is 10.2. The molecule has 0 amide bonds. The van der Waals surface area contributed by atoms with Crippen LogP contribution in [0.2, 0.25) is 0 Å². The lowest BCUT2D eigenvalue weighted by Gasteiger charge is -2.27. The largest absolute Gasteiger partial charge is 0.351 e. The summed E-state index contributed by atoms with van der Waals surface area (Å²) < 4.78 is 0. The molecule has 0 aromatic carbocycles. The van der Waals surface area contributed by atoms with Crippen molar-refractivity contribution in [1.82, 2.24) is 15.5 Å². The van der Waals surface area contributed by atoms with Gasteiger partial charge in [-0.25, -0.2) is 0 Å². The molecule has 82 valence electrons. The molecular formula is C11H18N4. The highest BCUT2D eigenvalue weighted by Crippen LogP contribution is 2.17. The Kier molecular flexibility index (Phi) is 3.16. The van der Waals surface area contributed by atoms with Gasteiger partial charge in [0, 0.05) is 19.1 Å². The third kappa shape index (κ3) is 2.26. The van der Waals surface area contributed by atoms with Gasteiger partial charge in [-0.05, 0) is 38.4 Å². The van der Waals surface area contributed by atoms with Gasteiger partial charge in [0.1, 0.15) is 0 Å². The van der Waals surface area contributed by atoms with Crippen molar-refractivity contribution in [3.63, 3.8) is 0 Å². The highest BCUT2D eigenvalue weighted by Gasteiger charge is 2.22. The molecule has 1 unspecified atom stereocenters. The third-order valence-electron chi connectivity index (χ3n) is 2.89. The minimum atomic E-state index is 0.575. The van der Waals surface area contributed by atoms with Gasteiger partial charge in [-0.3, -0.25) is 0 Å². The first-order chi connectivity index (χ1) is 7.31. The van der Waals surface area contributed by atoms with Crippen molar-refractivity contribution < 1.29 is 0 Å². The number of rotatable bonds is 3. The highest BCUT2D eigenvalue weighted by atomic mass is 15.3.